The summed E-state index contributed by atoms with van der Waals surface area (Å²) in [5.74, 6) is -0.162. The highest BCUT2D eigenvalue weighted by molar-refractivity contribution is 5.61. The first-order chi connectivity index (χ1) is 16.5. The van der Waals surface area contributed by atoms with E-state index in [0.717, 1.165) is 53.8 Å². The largest absolute Gasteiger partial charge is 0.388 e. The average Bonchev–Trinajstić information content (AvgIpc) is 3.52. The Balaban J connectivity index is 1.32. The molecule has 1 saturated heterocycles. The Morgan fingerprint density at radius 2 is 1.94 bits per heavy atom. The van der Waals surface area contributed by atoms with Gasteiger partial charge in [0.2, 0.25) is 0 Å². The third-order valence-electron chi connectivity index (χ3n) is 7.87. The normalized spacial score (nSPS) is 25.5. The zero-order valence-electron chi connectivity index (χ0n) is 19.3. The van der Waals surface area contributed by atoms with E-state index in [-0.39, 0.29) is 23.4 Å². The summed E-state index contributed by atoms with van der Waals surface area (Å²) in [6, 6.07) is 14.5. The Morgan fingerprint density at radius 3 is 2.74 bits per heavy atom. The van der Waals surface area contributed by atoms with Gasteiger partial charge in [0.1, 0.15) is 5.82 Å². The van der Waals surface area contributed by atoms with Crippen molar-refractivity contribution in [3.63, 3.8) is 0 Å². The molecular formula is C28H29FN2O3. The zero-order chi connectivity index (χ0) is 23.3. The van der Waals surface area contributed by atoms with Crippen molar-refractivity contribution in [3.8, 4) is 5.69 Å². The van der Waals surface area contributed by atoms with Gasteiger partial charge in [-0.15, -0.1) is 0 Å². The molecule has 1 aromatic heterocycles. The van der Waals surface area contributed by atoms with Crippen molar-refractivity contribution < 1.29 is 19.0 Å². The summed E-state index contributed by atoms with van der Waals surface area (Å²) >= 11 is 0. The van der Waals surface area contributed by atoms with Crippen molar-refractivity contribution in [3.05, 3.63) is 88.5 Å². The van der Waals surface area contributed by atoms with Gasteiger partial charge in [0.15, 0.2) is 6.29 Å². The average molecular weight is 461 g/mol. The second kappa shape index (κ2) is 8.45. The van der Waals surface area contributed by atoms with Crippen LogP contribution in [0.3, 0.4) is 0 Å². The summed E-state index contributed by atoms with van der Waals surface area (Å²) in [6.45, 7) is 3.48. The van der Waals surface area contributed by atoms with E-state index in [1.165, 1.54) is 17.7 Å². The van der Waals surface area contributed by atoms with Crippen molar-refractivity contribution in [1.82, 2.24) is 9.78 Å². The van der Waals surface area contributed by atoms with E-state index < -0.39 is 6.10 Å². The Morgan fingerprint density at radius 1 is 1.15 bits per heavy atom. The molecule has 3 atom stereocenters. The van der Waals surface area contributed by atoms with Crippen LogP contribution in [0.5, 0.6) is 0 Å². The molecule has 1 aliphatic heterocycles. The Bertz CT molecular complexity index is 1230. The molecule has 2 heterocycles. The van der Waals surface area contributed by atoms with Gasteiger partial charge in [-0.2, -0.15) is 5.10 Å². The lowest BCUT2D eigenvalue weighted by molar-refractivity contribution is -0.0444. The van der Waals surface area contributed by atoms with Crippen molar-refractivity contribution in [2.24, 2.45) is 11.3 Å². The van der Waals surface area contributed by atoms with Crippen molar-refractivity contribution in [1.29, 1.82) is 0 Å². The summed E-state index contributed by atoms with van der Waals surface area (Å²) in [6.07, 6.45) is 7.09. The zero-order valence-corrected chi connectivity index (χ0v) is 19.3. The number of hydrogen-bond acceptors (Lipinski definition) is 4. The Labute approximate surface area is 198 Å². The molecule has 0 unspecified atom stereocenters. The number of halogens is 1. The second-order valence-corrected chi connectivity index (χ2v) is 9.89. The van der Waals surface area contributed by atoms with Crippen LogP contribution in [0.2, 0.25) is 0 Å². The maximum Gasteiger partial charge on any atom is 0.184 e. The fourth-order valence-electron chi connectivity index (χ4n) is 6.05. The number of hydrogen-bond donors (Lipinski definition) is 1. The molecule has 3 aliphatic rings. The van der Waals surface area contributed by atoms with Gasteiger partial charge in [0, 0.05) is 5.56 Å². The highest BCUT2D eigenvalue weighted by Crippen LogP contribution is 2.54. The van der Waals surface area contributed by atoms with Crippen LogP contribution in [0.1, 0.15) is 61.0 Å². The molecular weight excluding hydrogens is 431 g/mol. The quantitative estimate of drug-likeness (QED) is 0.556. The minimum Gasteiger partial charge on any atom is -0.388 e. The highest BCUT2D eigenvalue weighted by Gasteiger charge is 2.46. The standard InChI is InChI=1S/C28H29FN2O3/c1-28-16-20-17-30-31(23-10-8-22(29)9-11-23)25(20)15-21(28)6-3-7-24(28)26(32)18-4-2-5-19(14-18)27-33-12-13-34-27/h2,4-5,8-11,14-15,17,24,26-27,32H,3,6-7,12-13,16H2,1H3/t24-,26+,28+/m1/s1. The van der Waals surface area contributed by atoms with E-state index >= 15 is 0 Å². The number of fused-ring (bicyclic) bond motifs is 2. The molecule has 2 aromatic carbocycles. The van der Waals surface area contributed by atoms with E-state index in [0.29, 0.717) is 13.2 Å². The van der Waals surface area contributed by atoms with Gasteiger partial charge in [0.05, 0.1) is 36.9 Å². The summed E-state index contributed by atoms with van der Waals surface area (Å²) < 4.78 is 26.7. The van der Waals surface area contributed by atoms with Crippen LogP contribution in [0, 0.1) is 17.2 Å². The van der Waals surface area contributed by atoms with Crippen molar-refractivity contribution >= 4 is 6.08 Å². The first-order valence-electron chi connectivity index (χ1n) is 12.1. The van der Waals surface area contributed by atoms with Gasteiger partial charge >= 0.3 is 0 Å². The molecule has 6 rings (SSSR count). The maximum absolute atomic E-state index is 13.4. The number of rotatable bonds is 4. The predicted octanol–water partition coefficient (Wildman–Crippen LogP) is 5.54. The molecule has 34 heavy (non-hydrogen) atoms. The molecule has 3 aromatic rings. The van der Waals surface area contributed by atoms with Gasteiger partial charge in [-0.25, -0.2) is 9.07 Å². The first-order valence-corrected chi connectivity index (χ1v) is 12.1. The van der Waals surface area contributed by atoms with Crippen LogP contribution in [-0.4, -0.2) is 28.1 Å². The SMILES string of the molecule is C[C@]12Cc3cnn(-c4ccc(F)cc4)c3C=C1CCC[C@@H]2[C@@H](O)c1cccc(C2OCCO2)c1. The van der Waals surface area contributed by atoms with Gasteiger partial charge in [-0.3, -0.25) is 0 Å². The summed E-state index contributed by atoms with van der Waals surface area (Å²) in [4.78, 5) is 0. The lowest BCUT2D eigenvalue weighted by Crippen LogP contribution is -2.40. The van der Waals surface area contributed by atoms with Crippen molar-refractivity contribution in [2.45, 2.75) is 45.0 Å². The molecule has 0 amide bonds. The summed E-state index contributed by atoms with van der Waals surface area (Å²) in [5, 5.41) is 16.2. The monoisotopic (exact) mass is 460 g/mol. The minimum absolute atomic E-state index is 0.0930. The van der Waals surface area contributed by atoms with Crippen LogP contribution >= 0.6 is 0 Å². The lowest BCUT2D eigenvalue weighted by Gasteiger charge is -2.47. The predicted molar refractivity (Wildman–Crippen MR) is 127 cm³/mol. The number of aliphatic hydroxyl groups is 1. The molecule has 2 aliphatic carbocycles. The molecule has 0 spiro atoms. The topological polar surface area (TPSA) is 56.5 Å². The van der Waals surface area contributed by atoms with Gasteiger partial charge in [-0.1, -0.05) is 30.7 Å². The molecule has 2 fully saturated rings. The summed E-state index contributed by atoms with van der Waals surface area (Å²) in [5.41, 5.74) is 6.15. The van der Waals surface area contributed by atoms with E-state index in [2.05, 4.69) is 18.1 Å². The molecule has 0 radical (unpaired) electrons. The van der Waals surface area contributed by atoms with Crippen LogP contribution < -0.4 is 0 Å². The van der Waals surface area contributed by atoms with E-state index in [1.54, 1.807) is 12.1 Å². The van der Waals surface area contributed by atoms with Gasteiger partial charge in [0.25, 0.3) is 0 Å². The van der Waals surface area contributed by atoms with Gasteiger partial charge in [-0.05, 0) is 84.6 Å². The Kier molecular flexibility index (Phi) is 5.40. The molecule has 0 bridgehead atoms. The number of nitrogens with zero attached hydrogens (tertiary/aromatic N) is 2. The Hall–Kier alpha value is -2.80. The van der Waals surface area contributed by atoms with E-state index in [1.807, 2.05) is 35.1 Å². The first kappa shape index (κ1) is 21.7. The molecule has 176 valence electrons. The molecule has 5 nitrogen and oxygen atoms in total. The third kappa shape index (κ3) is 3.61. The third-order valence-corrected chi connectivity index (χ3v) is 7.87. The van der Waals surface area contributed by atoms with Crippen LogP contribution in [0.25, 0.3) is 11.8 Å². The van der Waals surface area contributed by atoms with Crippen molar-refractivity contribution in [2.75, 3.05) is 13.2 Å². The van der Waals surface area contributed by atoms with Crippen LogP contribution in [-0.2, 0) is 15.9 Å². The highest BCUT2D eigenvalue weighted by atomic mass is 19.1. The number of aliphatic hydroxyl groups excluding tert-OH is 1. The van der Waals surface area contributed by atoms with Gasteiger partial charge < -0.3 is 14.6 Å². The minimum atomic E-state index is -0.580. The molecule has 1 saturated carbocycles. The van der Waals surface area contributed by atoms with E-state index in [4.69, 9.17) is 9.47 Å². The summed E-state index contributed by atoms with van der Waals surface area (Å²) in [7, 11) is 0. The second-order valence-electron chi connectivity index (χ2n) is 9.89. The number of aromatic nitrogens is 2. The number of allylic oxidation sites excluding steroid dienone is 1. The number of ether oxygens (including phenoxy) is 2. The lowest BCUT2D eigenvalue weighted by atomic mass is 9.57. The van der Waals surface area contributed by atoms with E-state index in [9.17, 15) is 9.50 Å². The van der Waals surface area contributed by atoms with Crippen LogP contribution in [0.4, 0.5) is 4.39 Å². The smallest absolute Gasteiger partial charge is 0.184 e. The molecule has 1 N–H and O–H groups in total. The number of benzene rings is 2. The molecule has 6 heteroatoms. The van der Waals surface area contributed by atoms with Crippen LogP contribution in [0.15, 0.2) is 60.3 Å². The maximum atomic E-state index is 13.4. The fourth-order valence-corrected chi connectivity index (χ4v) is 6.05. The fraction of sp³-hybridized carbons (Fsp3) is 0.393.